The van der Waals surface area contributed by atoms with Gasteiger partial charge in [0, 0.05) is 16.3 Å². The van der Waals surface area contributed by atoms with Crippen LogP contribution in [0.15, 0.2) is 82.7 Å². The number of Topliss-reactive ketones (excluding diaryl/α,β-unsaturated/α-hetero) is 1. The Hall–Kier alpha value is -3.66. The SMILES string of the molecule is CCCOc1ccc(C2/C(=C(/O)c3ccc(C)cc3)C(=O)C(=O)N2c2nnc(SCc3ccc(Cl)cc3)s2)cc1. The number of amides is 1. The average molecular weight is 592 g/mol. The number of aliphatic hydroxyl groups excluding tert-OH is 1. The van der Waals surface area contributed by atoms with Crippen molar-refractivity contribution >= 4 is 57.3 Å². The lowest BCUT2D eigenvalue weighted by Gasteiger charge is -2.22. The van der Waals surface area contributed by atoms with Crippen LogP contribution in [-0.4, -0.2) is 33.6 Å². The van der Waals surface area contributed by atoms with Gasteiger partial charge in [0.2, 0.25) is 5.13 Å². The molecule has 2 heterocycles. The number of halogens is 1. The zero-order valence-electron chi connectivity index (χ0n) is 21.8. The van der Waals surface area contributed by atoms with Crippen molar-refractivity contribution in [1.29, 1.82) is 0 Å². The molecule has 5 rings (SSSR count). The monoisotopic (exact) mass is 591 g/mol. The maximum absolute atomic E-state index is 13.4. The molecule has 204 valence electrons. The molecule has 1 saturated heterocycles. The molecule has 0 aliphatic carbocycles. The molecule has 1 aliphatic heterocycles. The van der Waals surface area contributed by atoms with E-state index in [-0.39, 0.29) is 16.5 Å². The number of aryl methyl sites for hydroxylation is 1. The number of nitrogens with zero attached hydrogens (tertiary/aromatic N) is 3. The van der Waals surface area contributed by atoms with Crippen molar-refractivity contribution in [1.82, 2.24) is 10.2 Å². The van der Waals surface area contributed by atoms with Crippen LogP contribution in [0, 0.1) is 6.92 Å². The molecule has 1 N–H and O–H groups in total. The van der Waals surface area contributed by atoms with Gasteiger partial charge in [0.25, 0.3) is 5.78 Å². The fourth-order valence-electron chi connectivity index (χ4n) is 4.26. The van der Waals surface area contributed by atoms with Gasteiger partial charge in [-0.2, -0.15) is 0 Å². The van der Waals surface area contributed by atoms with E-state index in [9.17, 15) is 14.7 Å². The molecule has 0 radical (unpaired) electrons. The summed E-state index contributed by atoms with van der Waals surface area (Å²) in [6.45, 7) is 4.53. The molecular weight excluding hydrogens is 566 g/mol. The van der Waals surface area contributed by atoms with Crippen LogP contribution in [0.5, 0.6) is 5.75 Å². The molecule has 1 unspecified atom stereocenters. The standard InChI is InChI=1S/C30H26ClN3O4S2/c1-3-16-38-23-14-10-20(11-15-23)25-24(26(35)21-8-4-18(2)5-9-21)27(36)28(37)34(25)29-32-33-30(40-29)39-17-19-6-12-22(31)13-7-19/h4-15,25,35H,3,16-17H2,1-2H3/b26-24-. The molecule has 0 saturated carbocycles. The number of carbonyl (C=O) groups is 2. The van der Waals surface area contributed by atoms with E-state index in [1.54, 1.807) is 36.4 Å². The van der Waals surface area contributed by atoms with Gasteiger partial charge in [-0.3, -0.25) is 14.5 Å². The number of aliphatic hydroxyl groups is 1. The third-order valence-corrected chi connectivity index (χ3v) is 8.69. The van der Waals surface area contributed by atoms with Gasteiger partial charge in [0.15, 0.2) is 4.34 Å². The summed E-state index contributed by atoms with van der Waals surface area (Å²) in [4.78, 5) is 28.2. The first-order valence-electron chi connectivity index (χ1n) is 12.7. The van der Waals surface area contributed by atoms with Crippen molar-refractivity contribution in [2.75, 3.05) is 11.5 Å². The first-order valence-corrected chi connectivity index (χ1v) is 14.8. The van der Waals surface area contributed by atoms with Gasteiger partial charge in [0.1, 0.15) is 11.5 Å². The largest absolute Gasteiger partial charge is 0.507 e. The molecular formula is C30H26ClN3O4S2. The molecule has 0 spiro atoms. The Kier molecular flexibility index (Phi) is 8.54. The Morgan fingerprint density at radius 2 is 1.73 bits per heavy atom. The van der Waals surface area contributed by atoms with Crippen LogP contribution in [0.1, 0.15) is 41.6 Å². The van der Waals surface area contributed by atoms with E-state index in [0.717, 1.165) is 17.5 Å². The lowest BCUT2D eigenvalue weighted by atomic mass is 9.95. The highest BCUT2D eigenvalue weighted by atomic mass is 35.5. The molecule has 10 heteroatoms. The Morgan fingerprint density at radius 3 is 2.40 bits per heavy atom. The second kappa shape index (κ2) is 12.2. The number of rotatable bonds is 9. The minimum Gasteiger partial charge on any atom is -0.507 e. The van der Waals surface area contributed by atoms with Crippen LogP contribution in [0.4, 0.5) is 5.13 Å². The van der Waals surface area contributed by atoms with Gasteiger partial charge in [-0.05, 0) is 48.7 Å². The molecule has 40 heavy (non-hydrogen) atoms. The Labute approximate surface area is 245 Å². The summed E-state index contributed by atoms with van der Waals surface area (Å²) in [5, 5.41) is 20.8. The van der Waals surface area contributed by atoms with E-state index in [4.69, 9.17) is 16.3 Å². The highest BCUT2D eigenvalue weighted by molar-refractivity contribution is 8.00. The van der Waals surface area contributed by atoms with Crippen LogP contribution in [0.3, 0.4) is 0 Å². The number of hydrogen-bond acceptors (Lipinski definition) is 8. The van der Waals surface area contributed by atoms with Crippen LogP contribution in [0.2, 0.25) is 5.02 Å². The van der Waals surface area contributed by atoms with Gasteiger partial charge in [-0.1, -0.05) is 95.7 Å². The topological polar surface area (TPSA) is 92.6 Å². The number of ether oxygens (including phenoxy) is 1. The number of benzene rings is 3. The predicted molar refractivity (Wildman–Crippen MR) is 159 cm³/mol. The summed E-state index contributed by atoms with van der Waals surface area (Å²) in [7, 11) is 0. The summed E-state index contributed by atoms with van der Waals surface area (Å²) in [5.74, 6) is -0.465. The Bertz CT molecular complexity index is 1550. The van der Waals surface area contributed by atoms with Gasteiger partial charge in [0.05, 0.1) is 18.2 Å². The third-order valence-electron chi connectivity index (χ3n) is 6.32. The van der Waals surface area contributed by atoms with Gasteiger partial charge < -0.3 is 9.84 Å². The minimum atomic E-state index is -0.886. The fraction of sp³-hybridized carbons (Fsp3) is 0.200. The number of thioether (sulfide) groups is 1. The van der Waals surface area contributed by atoms with E-state index >= 15 is 0 Å². The van der Waals surface area contributed by atoms with Gasteiger partial charge in [-0.15, -0.1) is 10.2 Å². The highest BCUT2D eigenvalue weighted by Crippen LogP contribution is 2.44. The summed E-state index contributed by atoms with van der Waals surface area (Å²) < 4.78 is 6.36. The normalized spacial score (nSPS) is 16.5. The van der Waals surface area contributed by atoms with Crippen LogP contribution < -0.4 is 9.64 Å². The van der Waals surface area contributed by atoms with Crippen molar-refractivity contribution in [2.45, 2.75) is 36.4 Å². The number of aromatic nitrogens is 2. The first-order chi connectivity index (χ1) is 19.4. The molecule has 7 nitrogen and oxygen atoms in total. The van der Waals surface area contributed by atoms with Crippen molar-refractivity contribution < 1.29 is 19.4 Å². The molecule has 1 fully saturated rings. The fourth-order valence-corrected chi connectivity index (χ4v) is 6.21. The zero-order chi connectivity index (χ0) is 28.2. The van der Waals surface area contributed by atoms with E-state index < -0.39 is 17.7 Å². The number of ketones is 1. The molecule has 4 aromatic rings. The summed E-state index contributed by atoms with van der Waals surface area (Å²) in [6.07, 6.45) is 0.869. The van der Waals surface area contributed by atoms with Crippen molar-refractivity contribution in [3.63, 3.8) is 0 Å². The number of carbonyl (C=O) groups excluding carboxylic acids is 2. The van der Waals surface area contributed by atoms with Gasteiger partial charge in [-0.25, -0.2) is 0 Å². The molecule has 0 bridgehead atoms. The Balaban J connectivity index is 1.51. The average Bonchev–Trinajstić information content (AvgIpc) is 3.54. The van der Waals surface area contributed by atoms with Gasteiger partial charge >= 0.3 is 5.91 Å². The third kappa shape index (κ3) is 5.91. The van der Waals surface area contributed by atoms with E-state index in [1.807, 2.05) is 50.2 Å². The van der Waals surface area contributed by atoms with Crippen molar-refractivity contribution in [2.24, 2.45) is 0 Å². The number of anilines is 1. The quantitative estimate of drug-likeness (QED) is 0.0723. The maximum atomic E-state index is 13.4. The first kappa shape index (κ1) is 27.9. The summed E-state index contributed by atoms with van der Waals surface area (Å²) in [6, 6.07) is 21.0. The van der Waals surface area contributed by atoms with E-state index in [1.165, 1.54) is 28.0 Å². The molecule has 1 aromatic heterocycles. The van der Waals surface area contributed by atoms with E-state index in [0.29, 0.717) is 38.6 Å². The highest BCUT2D eigenvalue weighted by Gasteiger charge is 2.48. The molecule has 1 amide bonds. The van der Waals surface area contributed by atoms with Crippen molar-refractivity contribution in [3.05, 3.63) is 106 Å². The van der Waals surface area contributed by atoms with Crippen LogP contribution in [0.25, 0.3) is 5.76 Å². The smallest absolute Gasteiger partial charge is 0.301 e. The summed E-state index contributed by atoms with van der Waals surface area (Å²) in [5.41, 5.74) is 3.17. The lowest BCUT2D eigenvalue weighted by molar-refractivity contribution is -0.132. The lowest BCUT2D eigenvalue weighted by Crippen LogP contribution is -2.29. The van der Waals surface area contributed by atoms with Crippen LogP contribution >= 0.6 is 34.7 Å². The minimum absolute atomic E-state index is 0.00152. The van der Waals surface area contributed by atoms with E-state index in [2.05, 4.69) is 10.2 Å². The zero-order valence-corrected chi connectivity index (χ0v) is 24.2. The Morgan fingerprint density at radius 1 is 1.02 bits per heavy atom. The van der Waals surface area contributed by atoms with Crippen molar-refractivity contribution in [3.8, 4) is 5.75 Å². The predicted octanol–water partition coefficient (Wildman–Crippen LogP) is 7.21. The second-order valence-corrected chi connectivity index (χ2v) is 11.8. The molecule has 3 aromatic carbocycles. The van der Waals surface area contributed by atoms with Crippen LogP contribution in [-0.2, 0) is 15.3 Å². The number of hydrogen-bond donors (Lipinski definition) is 1. The molecule has 1 aliphatic rings. The maximum Gasteiger partial charge on any atom is 0.301 e. The second-order valence-electron chi connectivity index (χ2n) is 9.22. The molecule has 1 atom stereocenters. The summed E-state index contributed by atoms with van der Waals surface area (Å²) >= 11 is 8.68.